The van der Waals surface area contributed by atoms with E-state index < -0.39 is 17.5 Å². The summed E-state index contributed by atoms with van der Waals surface area (Å²) in [6.45, 7) is 5.53. The van der Waals surface area contributed by atoms with Gasteiger partial charge in [-0.1, -0.05) is 36.4 Å². The third-order valence-electron chi connectivity index (χ3n) is 4.69. The molecule has 1 spiro atoms. The normalized spacial score (nSPS) is 23.8. The van der Waals surface area contributed by atoms with E-state index in [4.69, 9.17) is 23.7 Å². The summed E-state index contributed by atoms with van der Waals surface area (Å²) < 4.78 is 28.6. The summed E-state index contributed by atoms with van der Waals surface area (Å²) in [6, 6.07) is 15.2. The molecule has 0 amide bonds. The van der Waals surface area contributed by atoms with Crippen molar-refractivity contribution in [3.8, 4) is 11.5 Å². The van der Waals surface area contributed by atoms with Crippen LogP contribution in [0.4, 0.5) is 4.79 Å². The van der Waals surface area contributed by atoms with Gasteiger partial charge in [0.15, 0.2) is 12.9 Å². The van der Waals surface area contributed by atoms with E-state index in [1.54, 1.807) is 32.9 Å². The number of carbonyl (C=O) groups excluding carboxylic acids is 1. The molecule has 2 aromatic rings. The van der Waals surface area contributed by atoms with Crippen LogP contribution in [0.2, 0.25) is 0 Å². The van der Waals surface area contributed by atoms with Crippen LogP contribution >= 0.6 is 0 Å². The van der Waals surface area contributed by atoms with Crippen molar-refractivity contribution in [2.24, 2.45) is 0 Å². The zero-order valence-corrected chi connectivity index (χ0v) is 16.3. The predicted molar refractivity (Wildman–Crippen MR) is 101 cm³/mol. The Labute approximate surface area is 164 Å². The number of hydrogen-bond acceptors (Lipinski definition) is 6. The van der Waals surface area contributed by atoms with Gasteiger partial charge in [0.1, 0.15) is 17.1 Å². The average Bonchev–Trinajstić information content (AvgIpc) is 3.03. The first-order valence-electron chi connectivity index (χ1n) is 9.38. The number of rotatable bonds is 2. The lowest BCUT2D eigenvalue weighted by atomic mass is 9.92. The van der Waals surface area contributed by atoms with E-state index in [-0.39, 0.29) is 12.9 Å². The maximum absolute atomic E-state index is 12.0. The lowest BCUT2D eigenvalue weighted by Crippen LogP contribution is -2.43. The first-order chi connectivity index (χ1) is 13.3. The Hall–Kier alpha value is -2.57. The SMILES string of the molecule is CC(C)(C)OC(=O)Oc1ccc2c(c1)O[C@]1(CC2)OCO[C@H]1c1ccccc1. The van der Waals surface area contributed by atoms with E-state index in [1.165, 1.54) is 0 Å². The predicted octanol–water partition coefficient (Wildman–Crippen LogP) is 4.77. The maximum Gasteiger partial charge on any atom is 0.514 e. The smallest absolute Gasteiger partial charge is 0.459 e. The minimum Gasteiger partial charge on any atom is -0.459 e. The van der Waals surface area contributed by atoms with Crippen LogP contribution in [0.15, 0.2) is 48.5 Å². The molecular formula is C22H24O6. The number of benzene rings is 2. The van der Waals surface area contributed by atoms with Gasteiger partial charge >= 0.3 is 6.16 Å². The second-order valence-electron chi connectivity index (χ2n) is 7.97. The fourth-order valence-electron chi connectivity index (χ4n) is 3.48. The second kappa shape index (κ2) is 7.11. The van der Waals surface area contributed by atoms with Crippen LogP contribution in [-0.2, 0) is 20.6 Å². The number of ether oxygens (including phenoxy) is 5. The molecule has 0 radical (unpaired) electrons. The monoisotopic (exact) mass is 384 g/mol. The van der Waals surface area contributed by atoms with E-state index in [9.17, 15) is 4.79 Å². The molecule has 4 rings (SSSR count). The largest absolute Gasteiger partial charge is 0.514 e. The van der Waals surface area contributed by atoms with Gasteiger partial charge in [-0.05, 0) is 44.4 Å². The number of hydrogen-bond donors (Lipinski definition) is 0. The highest BCUT2D eigenvalue weighted by atomic mass is 16.8. The fraction of sp³-hybridized carbons (Fsp3) is 0.409. The topological polar surface area (TPSA) is 63.2 Å². The third-order valence-corrected chi connectivity index (χ3v) is 4.69. The van der Waals surface area contributed by atoms with Crippen molar-refractivity contribution in [3.63, 3.8) is 0 Å². The molecule has 6 heteroatoms. The van der Waals surface area contributed by atoms with Gasteiger partial charge in [-0.15, -0.1) is 0 Å². The van der Waals surface area contributed by atoms with E-state index >= 15 is 0 Å². The van der Waals surface area contributed by atoms with Crippen molar-refractivity contribution in [2.45, 2.75) is 51.1 Å². The molecule has 2 aliphatic heterocycles. The fourth-order valence-corrected chi connectivity index (χ4v) is 3.48. The molecule has 0 aromatic heterocycles. The van der Waals surface area contributed by atoms with Gasteiger partial charge in [-0.3, -0.25) is 0 Å². The molecule has 2 heterocycles. The molecule has 6 nitrogen and oxygen atoms in total. The molecule has 0 unspecified atom stereocenters. The molecule has 0 saturated carbocycles. The van der Waals surface area contributed by atoms with Crippen LogP contribution in [0.1, 0.15) is 44.4 Å². The summed E-state index contributed by atoms with van der Waals surface area (Å²) >= 11 is 0. The van der Waals surface area contributed by atoms with Crippen LogP contribution < -0.4 is 9.47 Å². The summed E-state index contributed by atoms with van der Waals surface area (Å²) in [5, 5.41) is 0. The molecule has 0 bridgehead atoms. The number of fused-ring (bicyclic) bond motifs is 1. The summed E-state index contributed by atoms with van der Waals surface area (Å²) in [4.78, 5) is 12.0. The first-order valence-corrected chi connectivity index (χ1v) is 9.38. The van der Waals surface area contributed by atoms with Crippen molar-refractivity contribution in [1.29, 1.82) is 0 Å². The van der Waals surface area contributed by atoms with Gasteiger partial charge in [0.2, 0.25) is 5.79 Å². The summed E-state index contributed by atoms with van der Waals surface area (Å²) in [7, 11) is 0. The van der Waals surface area contributed by atoms with Gasteiger partial charge in [-0.25, -0.2) is 4.79 Å². The molecule has 0 N–H and O–H groups in total. The lowest BCUT2D eigenvalue weighted by molar-refractivity contribution is -0.170. The van der Waals surface area contributed by atoms with Crippen LogP contribution in [-0.4, -0.2) is 24.3 Å². The Bertz CT molecular complexity index is 857. The average molecular weight is 384 g/mol. The summed E-state index contributed by atoms with van der Waals surface area (Å²) in [5.41, 5.74) is 1.41. The number of carbonyl (C=O) groups is 1. The highest BCUT2D eigenvalue weighted by Crippen LogP contribution is 2.47. The van der Waals surface area contributed by atoms with Crippen molar-refractivity contribution in [2.75, 3.05) is 6.79 Å². The van der Waals surface area contributed by atoms with Gasteiger partial charge in [0.25, 0.3) is 0 Å². The van der Waals surface area contributed by atoms with E-state index in [1.807, 2.05) is 36.4 Å². The standard InChI is InChI=1S/C22H24O6/c1-21(2,3)28-20(23)26-17-10-9-15-11-12-22(27-18(15)13-17)19(24-14-25-22)16-7-5-4-6-8-16/h4-10,13,19H,11-12,14H2,1-3H3/t19-,22-/m0/s1. The Morgan fingerprint density at radius 2 is 1.93 bits per heavy atom. The van der Waals surface area contributed by atoms with E-state index in [2.05, 4.69) is 0 Å². The van der Waals surface area contributed by atoms with Crippen molar-refractivity contribution < 1.29 is 28.5 Å². The van der Waals surface area contributed by atoms with Crippen LogP contribution in [0.3, 0.4) is 0 Å². The van der Waals surface area contributed by atoms with E-state index in [0.29, 0.717) is 17.9 Å². The Kier molecular flexibility index (Phi) is 4.77. The molecule has 1 saturated heterocycles. The first kappa shape index (κ1) is 18.8. The third kappa shape index (κ3) is 3.84. The molecule has 2 aliphatic rings. The van der Waals surface area contributed by atoms with Gasteiger partial charge in [-0.2, -0.15) is 0 Å². The summed E-state index contributed by atoms with van der Waals surface area (Å²) in [6.07, 6.45) is 0.374. The quantitative estimate of drug-likeness (QED) is 0.549. The molecular weight excluding hydrogens is 360 g/mol. The molecule has 28 heavy (non-hydrogen) atoms. The van der Waals surface area contributed by atoms with Gasteiger partial charge in [0.05, 0.1) is 0 Å². The minimum atomic E-state index is -0.890. The highest BCUT2D eigenvalue weighted by Gasteiger charge is 2.50. The van der Waals surface area contributed by atoms with Crippen molar-refractivity contribution >= 4 is 6.16 Å². The Morgan fingerprint density at radius 3 is 2.68 bits per heavy atom. The minimum absolute atomic E-state index is 0.170. The Morgan fingerprint density at radius 1 is 1.14 bits per heavy atom. The van der Waals surface area contributed by atoms with Crippen molar-refractivity contribution in [3.05, 3.63) is 59.7 Å². The van der Waals surface area contributed by atoms with Crippen molar-refractivity contribution in [1.82, 2.24) is 0 Å². The molecule has 2 atom stereocenters. The molecule has 2 aromatic carbocycles. The summed E-state index contributed by atoms with van der Waals surface area (Å²) in [5.74, 6) is 0.0952. The number of aryl methyl sites for hydroxylation is 1. The van der Waals surface area contributed by atoms with Crippen LogP contribution in [0.25, 0.3) is 0 Å². The zero-order chi connectivity index (χ0) is 19.8. The molecule has 1 fully saturated rings. The zero-order valence-electron chi connectivity index (χ0n) is 16.3. The van der Waals surface area contributed by atoms with Crippen LogP contribution in [0.5, 0.6) is 11.5 Å². The van der Waals surface area contributed by atoms with Gasteiger partial charge < -0.3 is 23.7 Å². The Balaban J connectivity index is 1.55. The lowest BCUT2D eigenvalue weighted by Gasteiger charge is -2.37. The molecule has 148 valence electrons. The van der Waals surface area contributed by atoms with E-state index in [0.717, 1.165) is 17.5 Å². The maximum atomic E-state index is 12.0. The van der Waals surface area contributed by atoms with Gasteiger partial charge in [0, 0.05) is 12.5 Å². The second-order valence-corrected chi connectivity index (χ2v) is 7.97. The van der Waals surface area contributed by atoms with Crippen LogP contribution in [0, 0.1) is 0 Å². The molecule has 0 aliphatic carbocycles. The highest BCUT2D eigenvalue weighted by molar-refractivity contribution is 5.64.